The Hall–Kier alpha value is -2.55. The molecule has 0 saturated heterocycles. The Morgan fingerprint density at radius 2 is 1.74 bits per heavy atom. The zero-order valence-electron chi connectivity index (χ0n) is 10.0. The van der Waals surface area contributed by atoms with E-state index in [1.165, 1.54) is 18.3 Å². The molecule has 0 spiro atoms. The summed E-state index contributed by atoms with van der Waals surface area (Å²) in [6.45, 7) is 0. The summed E-state index contributed by atoms with van der Waals surface area (Å²) in [7, 11) is 0. The molecule has 3 rings (SSSR count). The van der Waals surface area contributed by atoms with Gasteiger partial charge in [-0.15, -0.1) is 0 Å². The van der Waals surface area contributed by atoms with Crippen molar-refractivity contribution in [1.82, 2.24) is 4.98 Å². The van der Waals surface area contributed by atoms with Crippen LogP contribution < -0.4 is 0 Å². The number of halogens is 1. The fourth-order valence-electron chi connectivity index (χ4n) is 2.02. The van der Waals surface area contributed by atoms with Gasteiger partial charge in [-0.3, -0.25) is 4.79 Å². The molecule has 2 nitrogen and oxygen atoms in total. The number of carbonyl (C=O) groups excluding carboxylic acids is 1. The molecule has 0 aliphatic heterocycles. The summed E-state index contributed by atoms with van der Waals surface area (Å²) in [4.78, 5) is 16.0. The number of nitrogens with zero attached hydrogens (tertiary/aromatic N) is 1. The second-order valence-corrected chi connectivity index (χ2v) is 4.22. The first kappa shape index (κ1) is 11.5. The van der Waals surface area contributed by atoms with Gasteiger partial charge in [0, 0.05) is 11.8 Å². The highest BCUT2D eigenvalue weighted by atomic mass is 19.1. The molecule has 1 heterocycles. The van der Waals surface area contributed by atoms with Crippen molar-refractivity contribution in [1.29, 1.82) is 0 Å². The van der Waals surface area contributed by atoms with E-state index in [0.717, 1.165) is 10.8 Å². The molecule has 0 N–H and O–H groups in total. The molecule has 0 radical (unpaired) electrons. The molecule has 0 fully saturated rings. The summed E-state index contributed by atoms with van der Waals surface area (Å²) in [5, 5.41) is 1.99. The van der Waals surface area contributed by atoms with Crippen LogP contribution in [0.1, 0.15) is 16.1 Å². The largest absolute Gasteiger partial charge is 0.287 e. The van der Waals surface area contributed by atoms with Gasteiger partial charge in [0.05, 0.1) is 0 Å². The molecule has 0 aliphatic rings. The van der Waals surface area contributed by atoms with Crippen molar-refractivity contribution in [2.24, 2.45) is 0 Å². The van der Waals surface area contributed by atoms with Crippen molar-refractivity contribution >= 4 is 16.6 Å². The first-order valence-corrected chi connectivity index (χ1v) is 5.90. The molecule has 1 aromatic heterocycles. The molecule has 92 valence electrons. The Labute approximate surface area is 109 Å². The minimum absolute atomic E-state index is 0.141. The van der Waals surface area contributed by atoms with Crippen molar-refractivity contribution in [3.63, 3.8) is 0 Å². The molecule has 0 saturated carbocycles. The molecular weight excluding hydrogens is 241 g/mol. The van der Waals surface area contributed by atoms with E-state index in [1.807, 2.05) is 30.3 Å². The number of hydrogen-bond acceptors (Lipinski definition) is 2. The van der Waals surface area contributed by atoms with Crippen LogP contribution in [0.2, 0.25) is 0 Å². The Morgan fingerprint density at radius 1 is 0.947 bits per heavy atom. The molecule has 19 heavy (non-hydrogen) atoms. The fourth-order valence-corrected chi connectivity index (χ4v) is 2.02. The van der Waals surface area contributed by atoms with Gasteiger partial charge in [-0.1, -0.05) is 36.4 Å². The molecule has 0 atom stereocenters. The topological polar surface area (TPSA) is 30.0 Å². The molecule has 0 unspecified atom stereocenters. The smallest absolute Gasteiger partial charge is 0.214 e. The van der Waals surface area contributed by atoms with Gasteiger partial charge in [0.2, 0.25) is 5.78 Å². The molecular formula is C16H10FNO. The predicted molar refractivity (Wildman–Crippen MR) is 71.6 cm³/mol. The molecule has 3 heteroatoms. The second kappa shape index (κ2) is 4.61. The quantitative estimate of drug-likeness (QED) is 0.651. The number of ketones is 1. The number of aromatic nitrogens is 1. The summed E-state index contributed by atoms with van der Waals surface area (Å²) in [5.41, 5.74) is 0.300. The maximum atomic E-state index is 13.6. The van der Waals surface area contributed by atoms with Crippen LogP contribution in [-0.2, 0) is 0 Å². The summed E-state index contributed by atoms with van der Waals surface area (Å²) < 4.78 is 13.6. The summed E-state index contributed by atoms with van der Waals surface area (Å²) in [5.74, 6) is -0.996. The van der Waals surface area contributed by atoms with E-state index in [0.29, 0.717) is 5.56 Å². The van der Waals surface area contributed by atoms with E-state index < -0.39 is 11.6 Å². The molecule has 3 aromatic rings. The lowest BCUT2D eigenvalue weighted by molar-refractivity contribution is 0.103. The number of fused-ring (bicyclic) bond motifs is 1. The van der Waals surface area contributed by atoms with Crippen LogP contribution in [-0.4, -0.2) is 10.8 Å². The van der Waals surface area contributed by atoms with Crippen molar-refractivity contribution in [3.8, 4) is 0 Å². The van der Waals surface area contributed by atoms with Crippen molar-refractivity contribution in [2.75, 3.05) is 0 Å². The van der Waals surface area contributed by atoms with E-state index >= 15 is 0 Å². The summed E-state index contributed by atoms with van der Waals surface area (Å²) >= 11 is 0. The van der Waals surface area contributed by atoms with E-state index in [1.54, 1.807) is 12.1 Å². The number of carbonyl (C=O) groups is 1. The van der Waals surface area contributed by atoms with Crippen LogP contribution in [0.25, 0.3) is 10.8 Å². The molecule has 2 aromatic carbocycles. The highest BCUT2D eigenvalue weighted by Crippen LogP contribution is 2.18. The van der Waals surface area contributed by atoms with Gasteiger partial charge in [-0.2, -0.15) is 0 Å². The Morgan fingerprint density at radius 3 is 2.53 bits per heavy atom. The molecule has 0 aliphatic carbocycles. The SMILES string of the molecule is O=C(c1ccc2ccccc2c1)c1ncccc1F. The van der Waals surface area contributed by atoms with Crippen LogP contribution in [0.4, 0.5) is 4.39 Å². The monoisotopic (exact) mass is 251 g/mol. The lowest BCUT2D eigenvalue weighted by Crippen LogP contribution is -2.06. The van der Waals surface area contributed by atoms with Crippen LogP contribution in [0.15, 0.2) is 60.8 Å². The average molecular weight is 251 g/mol. The van der Waals surface area contributed by atoms with Crippen LogP contribution in [0.5, 0.6) is 0 Å². The standard InChI is InChI=1S/C16H10FNO/c17-14-6-3-9-18-15(14)16(19)13-8-7-11-4-1-2-5-12(11)10-13/h1-10H. The normalized spacial score (nSPS) is 10.6. The van der Waals surface area contributed by atoms with Gasteiger partial charge in [0.1, 0.15) is 5.69 Å². The van der Waals surface area contributed by atoms with E-state index in [2.05, 4.69) is 4.98 Å². The summed E-state index contributed by atoms with van der Waals surface area (Å²) in [6.07, 6.45) is 1.41. The predicted octanol–water partition coefficient (Wildman–Crippen LogP) is 3.60. The third-order valence-corrected chi connectivity index (χ3v) is 2.99. The third-order valence-electron chi connectivity index (χ3n) is 2.99. The zero-order chi connectivity index (χ0) is 13.2. The van der Waals surface area contributed by atoms with Gasteiger partial charge in [0.15, 0.2) is 5.82 Å². The Balaban J connectivity index is 2.09. The van der Waals surface area contributed by atoms with Gasteiger partial charge in [-0.05, 0) is 29.0 Å². The number of rotatable bonds is 2. The van der Waals surface area contributed by atoms with Crippen molar-refractivity contribution in [2.45, 2.75) is 0 Å². The van der Waals surface area contributed by atoms with E-state index in [-0.39, 0.29) is 5.69 Å². The minimum atomic E-state index is -0.597. The molecule has 0 amide bonds. The number of hydrogen-bond donors (Lipinski definition) is 0. The highest BCUT2D eigenvalue weighted by molar-refractivity contribution is 6.09. The highest BCUT2D eigenvalue weighted by Gasteiger charge is 2.15. The minimum Gasteiger partial charge on any atom is -0.287 e. The van der Waals surface area contributed by atoms with Gasteiger partial charge in [-0.25, -0.2) is 9.37 Å². The zero-order valence-corrected chi connectivity index (χ0v) is 10.0. The van der Waals surface area contributed by atoms with Crippen LogP contribution in [0.3, 0.4) is 0 Å². The first-order chi connectivity index (χ1) is 9.25. The lowest BCUT2D eigenvalue weighted by atomic mass is 10.0. The van der Waals surface area contributed by atoms with Crippen LogP contribution >= 0.6 is 0 Å². The maximum absolute atomic E-state index is 13.6. The molecule has 0 bridgehead atoms. The van der Waals surface area contributed by atoms with Gasteiger partial charge < -0.3 is 0 Å². The van der Waals surface area contributed by atoms with Crippen molar-refractivity contribution < 1.29 is 9.18 Å². The van der Waals surface area contributed by atoms with Crippen molar-refractivity contribution in [3.05, 3.63) is 77.9 Å². The Bertz CT molecular complexity index is 767. The second-order valence-electron chi connectivity index (χ2n) is 4.22. The summed E-state index contributed by atoms with van der Waals surface area (Å²) in [6, 6.07) is 15.7. The number of pyridine rings is 1. The van der Waals surface area contributed by atoms with E-state index in [4.69, 9.17) is 0 Å². The van der Waals surface area contributed by atoms with Gasteiger partial charge >= 0.3 is 0 Å². The van der Waals surface area contributed by atoms with Crippen LogP contribution in [0, 0.1) is 5.82 Å². The average Bonchev–Trinajstić information content (AvgIpc) is 2.46. The fraction of sp³-hybridized carbons (Fsp3) is 0. The third kappa shape index (κ3) is 2.10. The Kier molecular flexibility index (Phi) is 2.80. The first-order valence-electron chi connectivity index (χ1n) is 5.90. The van der Waals surface area contributed by atoms with Gasteiger partial charge in [0.25, 0.3) is 0 Å². The lowest BCUT2D eigenvalue weighted by Gasteiger charge is -2.03. The number of benzene rings is 2. The van der Waals surface area contributed by atoms with E-state index in [9.17, 15) is 9.18 Å². The maximum Gasteiger partial charge on any atom is 0.214 e.